The number of piperazine rings is 1. The summed E-state index contributed by atoms with van der Waals surface area (Å²) in [5, 5.41) is 13.6. The van der Waals surface area contributed by atoms with Crippen molar-refractivity contribution in [2.45, 2.75) is 6.42 Å². The molecule has 0 saturated carbocycles. The van der Waals surface area contributed by atoms with Gasteiger partial charge in [0.15, 0.2) is 0 Å². The van der Waals surface area contributed by atoms with E-state index in [0.29, 0.717) is 19.5 Å². The third-order valence-corrected chi connectivity index (χ3v) is 4.81. The molecule has 0 aromatic heterocycles. The Morgan fingerprint density at radius 3 is 2.29 bits per heavy atom. The molecule has 0 bridgehead atoms. The van der Waals surface area contributed by atoms with Crippen LogP contribution in [0.3, 0.4) is 0 Å². The van der Waals surface area contributed by atoms with Gasteiger partial charge in [0, 0.05) is 50.5 Å². The monoisotopic (exact) mass is 386 g/mol. The number of nitrogens with zero attached hydrogens (tertiary/aromatic N) is 3. The van der Waals surface area contributed by atoms with E-state index in [4.69, 9.17) is 0 Å². The second kappa shape index (κ2) is 9.27. The molecule has 0 atom stereocenters. The molecule has 0 radical (unpaired) electrons. The van der Waals surface area contributed by atoms with E-state index < -0.39 is 4.92 Å². The summed E-state index contributed by atoms with van der Waals surface area (Å²) in [6, 6.07) is 12.8. The predicted octanol–water partition coefficient (Wildman–Crippen LogP) is 2.21. The zero-order valence-corrected chi connectivity index (χ0v) is 15.5. The number of nitro benzene ring substituents is 1. The normalized spacial score (nSPS) is 14.7. The van der Waals surface area contributed by atoms with E-state index in [9.17, 15) is 19.3 Å². The minimum Gasteiger partial charge on any atom is -0.369 e. The molecule has 2 aromatic rings. The highest BCUT2D eigenvalue weighted by Gasteiger charge is 2.19. The van der Waals surface area contributed by atoms with Gasteiger partial charge >= 0.3 is 0 Å². The van der Waals surface area contributed by atoms with Crippen LogP contribution in [0.5, 0.6) is 0 Å². The molecule has 28 heavy (non-hydrogen) atoms. The van der Waals surface area contributed by atoms with E-state index in [1.54, 1.807) is 24.3 Å². The number of hydrogen-bond donors (Lipinski definition) is 1. The minimum absolute atomic E-state index is 0.0223. The van der Waals surface area contributed by atoms with Crippen molar-refractivity contribution in [1.29, 1.82) is 0 Å². The summed E-state index contributed by atoms with van der Waals surface area (Å²) in [4.78, 5) is 26.7. The fraction of sp³-hybridized carbons (Fsp3) is 0.350. The van der Waals surface area contributed by atoms with Gasteiger partial charge in [-0.25, -0.2) is 4.39 Å². The van der Waals surface area contributed by atoms with Gasteiger partial charge in [-0.05, 0) is 36.2 Å². The van der Waals surface area contributed by atoms with E-state index in [1.165, 1.54) is 24.3 Å². The number of benzene rings is 2. The third kappa shape index (κ3) is 5.50. The fourth-order valence-electron chi connectivity index (χ4n) is 3.21. The summed E-state index contributed by atoms with van der Waals surface area (Å²) in [6.07, 6.45) is 0.667. The lowest BCUT2D eigenvalue weighted by molar-refractivity contribution is -0.384. The predicted molar refractivity (Wildman–Crippen MR) is 105 cm³/mol. The maximum atomic E-state index is 12.9. The van der Waals surface area contributed by atoms with E-state index in [-0.39, 0.29) is 17.4 Å². The minimum atomic E-state index is -0.406. The summed E-state index contributed by atoms with van der Waals surface area (Å²) in [5.74, 6) is -0.286. The van der Waals surface area contributed by atoms with Crippen molar-refractivity contribution in [3.63, 3.8) is 0 Å². The number of non-ortho nitro benzene ring substituents is 1. The number of nitro groups is 1. The molecular formula is C20H23FN4O3. The molecule has 0 spiro atoms. The van der Waals surface area contributed by atoms with Crippen LogP contribution in [0.1, 0.15) is 5.56 Å². The number of rotatable bonds is 7. The van der Waals surface area contributed by atoms with Crippen LogP contribution in [0.4, 0.5) is 15.8 Å². The summed E-state index contributed by atoms with van der Waals surface area (Å²) in [5.41, 5.74) is 2.02. The first-order chi connectivity index (χ1) is 13.5. The number of hydrogen-bond acceptors (Lipinski definition) is 5. The van der Waals surface area contributed by atoms with Gasteiger partial charge in [-0.2, -0.15) is 0 Å². The molecule has 1 aliphatic rings. The second-order valence-electron chi connectivity index (χ2n) is 6.76. The van der Waals surface area contributed by atoms with Crippen LogP contribution in [0, 0.1) is 15.9 Å². The van der Waals surface area contributed by atoms with Gasteiger partial charge in [0.25, 0.3) is 5.69 Å². The molecule has 2 aromatic carbocycles. The number of halogens is 1. The largest absolute Gasteiger partial charge is 0.369 e. The van der Waals surface area contributed by atoms with Crippen LogP contribution in [0.15, 0.2) is 48.5 Å². The lowest BCUT2D eigenvalue weighted by Crippen LogP contribution is -2.49. The summed E-state index contributed by atoms with van der Waals surface area (Å²) in [7, 11) is 0. The lowest BCUT2D eigenvalue weighted by Gasteiger charge is -2.35. The third-order valence-electron chi connectivity index (χ3n) is 4.81. The fourth-order valence-corrected chi connectivity index (χ4v) is 3.21. The second-order valence-corrected chi connectivity index (χ2v) is 6.76. The van der Waals surface area contributed by atoms with Gasteiger partial charge in [-0.1, -0.05) is 12.1 Å². The Hall–Kier alpha value is -3.00. The molecular weight excluding hydrogens is 363 g/mol. The van der Waals surface area contributed by atoms with Crippen LogP contribution in [-0.2, 0) is 11.2 Å². The molecule has 7 nitrogen and oxygen atoms in total. The highest BCUT2D eigenvalue weighted by Crippen LogP contribution is 2.20. The Morgan fingerprint density at radius 1 is 1.04 bits per heavy atom. The first kappa shape index (κ1) is 19.8. The van der Waals surface area contributed by atoms with Crippen LogP contribution < -0.4 is 10.2 Å². The average molecular weight is 386 g/mol. The van der Waals surface area contributed by atoms with Crippen LogP contribution in [-0.4, -0.2) is 55.0 Å². The Labute approximate surface area is 162 Å². The van der Waals surface area contributed by atoms with Gasteiger partial charge in [0.05, 0.1) is 11.5 Å². The van der Waals surface area contributed by atoms with E-state index in [1.807, 2.05) is 0 Å². The Balaban J connectivity index is 1.38. The first-order valence-electron chi connectivity index (χ1n) is 9.24. The smallest absolute Gasteiger partial charge is 0.269 e. The number of nitrogens with one attached hydrogen (secondary N) is 1. The maximum absolute atomic E-state index is 12.9. The molecule has 3 rings (SSSR count). The molecule has 0 aliphatic carbocycles. The zero-order chi connectivity index (χ0) is 19.9. The molecule has 1 heterocycles. The molecule has 1 N–H and O–H groups in total. The molecule has 1 saturated heterocycles. The molecule has 148 valence electrons. The molecule has 1 amide bonds. The average Bonchev–Trinajstić information content (AvgIpc) is 2.70. The number of anilines is 1. The van der Waals surface area contributed by atoms with Crippen molar-refractivity contribution in [3.05, 3.63) is 70.0 Å². The van der Waals surface area contributed by atoms with Crippen LogP contribution in [0.25, 0.3) is 0 Å². The zero-order valence-electron chi connectivity index (χ0n) is 15.5. The van der Waals surface area contributed by atoms with Gasteiger partial charge in [-0.3, -0.25) is 19.8 Å². The standard InChI is InChI=1S/C20H23FN4O3/c21-17-3-1-16(2-4-17)9-10-22-20(26)15-23-11-13-24(14-12-23)18-5-7-19(8-6-18)25(27)28/h1-8H,9-15H2,(H,22,26). The van der Waals surface area contributed by atoms with E-state index in [0.717, 1.165) is 37.4 Å². The topological polar surface area (TPSA) is 78.7 Å². The van der Waals surface area contributed by atoms with Crippen LogP contribution >= 0.6 is 0 Å². The van der Waals surface area contributed by atoms with Crippen molar-refractivity contribution in [3.8, 4) is 0 Å². The lowest BCUT2D eigenvalue weighted by atomic mass is 10.1. The van der Waals surface area contributed by atoms with Crippen molar-refractivity contribution in [2.75, 3.05) is 44.2 Å². The quantitative estimate of drug-likeness (QED) is 0.583. The Morgan fingerprint density at radius 2 is 1.68 bits per heavy atom. The Kier molecular flexibility index (Phi) is 6.54. The molecule has 8 heteroatoms. The van der Waals surface area contributed by atoms with E-state index in [2.05, 4.69) is 15.1 Å². The highest BCUT2D eigenvalue weighted by molar-refractivity contribution is 5.78. The number of carbonyl (C=O) groups is 1. The summed E-state index contributed by atoms with van der Waals surface area (Å²) in [6.45, 7) is 3.90. The van der Waals surface area contributed by atoms with E-state index >= 15 is 0 Å². The van der Waals surface area contributed by atoms with Gasteiger partial charge in [0.2, 0.25) is 5.91 Å². The van der Waals surface area contributed by atoms with Crippen molar-refractivity contribution < 1.29 is 14.1 Å². The van der Waals surface area contributed by atoms with Crippen molar-refractivity contribution in [1.82, 2.24) is 10.2 Å². The molecule has 0 unspecified atom stereocenters. The number of amides is 1. The van der Waals surface area contributed by atoms with Crippen LogP contribution in [0.2, 0.25) is 0 Å². The van der Waals surface area contributed by atoms with Gasteiger partial charge < -0.3 is 10.2 Å². The van der Waals surface area contributed by atoms with Gasteiger partial charge in [0.1, 0.15) is 5.82 Å². The maximum Gasteiger partial charge on any atom is 0.269 e. The highest BCUT2D eigenvalue weighted by atomic mass is 19.1. The summed E-state index contributed by atoms with van der Waals surface area (Å²) >= 11 is 0. The first-order valence-corrected chi connectivity index (χ1v) is 9.24. The van der Waals surface area contributed by atoms with Crippen molar-refractivity contribution >= 4 is 17.3 Å². The SMILES string of the molecule is O=C(CN1CCN(c2ccc([N+](=O)[O-])cc2)CC1)NCCc1ccc(F)cc1. The Bertz CT molecular complexity index is 803. The number of carbonyl (C=O) groups excluding carboxylic acids is 1. The summed E-state index contributed by atoms with van der Waals surface area (Å²) < 4.78 is 12.9. The molecule has 1 fully saturated rings. The van der Waals surface area contributed by atoms with Gasteiger partial charge in [-0.15, -0.1) is 0 Å². The van der Waals surface area contributed by atoms with Crippen molar-refractivity contribution in [2.24, 2.45) is 0 Å². The molecule has 1 aliphatic heterocycles.